The van der Waals surface area contributed by atoms with Gasteiger partial charge in [0.25, 0.3) is 0 Å². The number of aromatic nitrogens is 2. The molecule has 13 heteroatoms. The average Bonchev–Trinajstić information content (AvgIpc) is 2.69. The third kappa shape index (κ3) is 2.43. The van der Waals surface area contributed by atoms with Crippen molar-refractivity contribution in [2.75, 3.05) is 6.61 Å². The lowest BCUT2D eigenvalue weighted by Gasteiger charge is -1.99. The Balaban J connectivity index is 3.63. The van der Waals surface area contributed by atoms with Crippen LogP contribution in [0.3, 0.4) is 0 Å². The molecular formula is C6H5N5O8. The Hall–Kier alpha value is -3.12. The van der Waals surface area contributed by atoms with Crippen molar-refractivity contribution in [3.63, 3.8) is 0 Å². The molecule has 102 valence electrons. The van der Waals surface area contributed by atoms with Crippen molar-refractivity contribution in [3.8, 4) is 0 Å². The number of nitro groups is 3. The van der Waals surface area contributed by atoms with Gasteiger partial charge in [0.1, 0.15) is 0 Å². The summed E-state index contributed by atoms with van der Waals surface area (Å²) in [6.45, 7) is 1.11. The lowest BCUT2D eigenvalue weighted by atomic mass is 10.6. The normalized spacial score (nSPS) is 9.95. The zero-order valence-electron chi connectivity index (χ0n) is 9.21. The van der Waals surface area contributed by atoms with Gasteiger partial charge in [-0.2, -0.15) is 4.79 Å². The molecule has 0 radical (unpaired) electrons. The summed E-state index contributed by atoms with van der Waals surface area (Å²) in [6, 6.07) is 0. The number of rotatable bonds is 4. The van der Waals surface area contributed by atoms with E-state index >= 15 is 0 Å². The summed E-state index contributed by atoms with van der Waals surface area (Å²) in [5, 5.41) is 31.9. The molecule has 0 saturated heterocycles. The minimum atomic E-state index is -1.50. The molecule has 0 amide bonds. The van der Waals surface area contributed by atoms with E-state index in [0.29, 0.717) is 0 Å². The quantitative estimate of drug-likeness (QED) is 0.562. The maximum absolute atomic E-state index is 11.4. The summed E-state index contributed by atoms with van der Waals surface area (Å²) in [5.74, 6) is -4.21. The molecule has 1 aromatic rings. The minimum Gasteiger partial charge on any atom is -0.431 e. The number of carbonyl (C=O) groups excluding carboxylic acids is 1. The summed E-state index contributed by atoms with van der Waals surface area (Å²) in [5.41, 5.74) is 0. The number of hydrogen-bond donors (Lipinski definition) is 0. The SMILES string of the molecule is CCOC(=O)n1c([N+](=O)[O-])nc([N+](=O)[O-])c1[N+](=O)[O-]. The van der Waals surface area contributed by atoms with E-state index in [1.807, 2.05) is 0 Å². The molecule has 0 aromatic carbocycles. The molecule has 0 N–H and O–H groups in total. The molecule has 0 fully saturated rings. The van der Waals surface area contributed by atoms with Crippen molar-refractivity contribution in [3.05, 3.63) is 30.3 Å². The molecule has 0 spiro atoms. The predicted octanol–water partition coefficient (Wildman–Crippen LogP) is 0.612. The Labute approximate surface area is 102 Å². The molecule has 13 nitrogen and oxygen atoms in total. The lowest BCUT2D eigenvalue weighted by molar-refractivity contribution is -0.428. The Morgan fingerprint density at radius 3 is 2.16 bits per heavy atom. The van der Waals surface area contributed by atoms with Gasteiger partial charge in [0, 0.05) is 0 Å². The summed E-state index contributed by atoms with van der Waals surface area (Å²) in [4.78, 5) is 42.2. The van der Waals surface area contributed by atoms with Crippen molar-refractivity contribution in [1.29, 1.82) is 0 Å². The van der Waals surface area contributed by atoms with E-state index in [0.717, 1.165) is 0 Å². The van der Waals surface area contributed by atoms with Crippen LogP contribution in [0.2, 0.25) is 0 Å². The van der Waals surface area contributed by atoms with Crippen LogP contribution >= 0.6 is 0 Å². The highest BCUT2D eigenvalue weighted by molar-refractivity contribution is 5.78. The first kappa shape index (κ1) is 13.9. The summed E-state index contributed by atoms with van der Waals surface area (Å²) < 4.78 is 4.19. The van der Waals surface area contributed by atoms with E-state index in [1.54, 1.807) is 0 Å². The Morgan fingerprint density at radius 2 is 1.79 bits per heavy atom. The van der Waals surface area contributed by atoms with Gasteiger partial charge in [0.05, 0.1) is 11.6 Å². The highest BCUT2D eigenvalue weighted by Crippen LogP contribution is 2.31. The fraction of sp³-hybridized carbons (Fsp3) is 0.333. The van der Waals surface area contributed by atoms with E-state index in [1.165, 1.54) is 6.92 Å². The van der Waals surface area contributed by atoms with Gasteiger partial charge >= 0.3 is 23.7 Å². The lowest BCUT2D eigenvalue weighted by Crippen LogP contribution is -2.18. The van der Waals surface area contributed by atoms with Gasteiger partial charge < -0.3 is 35.1 Å². The first-order valence-corrected chi connectivity index (χ1v) is 4.54. The van der Waals surface area contributed by atoms with Crippen LogP contribution in [0.5, 0.6) is 0 Å². The van der Waals surface area contributed by atoms with Crippen molar-refractivity contribution in [2.45, 2.75) is 6.92 Å². The van der Waals surface area contributed by atoms with E-state index in [9.17, 15) is 35.1 Å². The second-order valence-corrected chi connectivity index (χ2v) is 2.86. The molecule has 0 atom stereocenters. The summed E-state index contributed by atoms with van der Waals surface area (Å²) in [7, 11) is 0. The molecule has 1 aromatic heterocycles. The molecular weight excluding hydrogens is 270 g/mol. The Kier molecular flexibility index (Phi) is 3.69. The molecule has 1 heterocycles. The molecule has 0 aliphatic carbocycles. The van der Waals surface area contributed by atoms with Crippen LogP contribution in [-0.4, -0.2) is 37.0 Å². The van der Waals surface area contributed by atoms with Crippen LogP contribution in [-0.2, 0) is 4.74 Å². The largest absolute Gasteiger partial charge is 0.518 e. The third-order valence-corrected chi connectivity index (χ3v) is 1.78. The van der Waals surface area contributed by atoms with Crippen LogP contribution in [0.1, 0.15) is 6.92 Å². The van der Waals surface area contributed by atoms with Gasteiger partial charge in [-0.05, 0) is 26.3 Å². The monoisotopic (exact) mass is 275 g/mol. The van der Waals surface area contributed by atoms with E-state index in [4.69, 9.17) is 0 Å². The number of carbonyl (C=O) groups is 1. The van der Waals surface area contributed by atoms with Gasteiger partial charge in [-0.15, -0.1) is 0 Å². The zero-order valence-corrected chi connectivity index (χ0v) is 9.21. The Morgan fingerprint density at radius 1 is 1.21 bits per heavy atom. The average molecular weight is 275 g/mol. The standard InChI is InChI=1S/C6H5N5O8/c1-2-19-6(12)8-4(10(15)16)3(9(13)14)7-5(8)11(17)18/h2H2,1H3. The van der Waals surface area contributed by atoms with Crippen molar-refractivity contribution in [1.82, 2.24) is 9.55 Å². The number of ether oxygens (including phenoxy) is 1. The number of nitrogens with zero attached hydrogens (tertiary/aromatic N) is 5. The molecule has 0 unspecified atom stereocenters. The highest BCUT2D eigenvalue weighted by Gasteiger charge is 2.45. The molecule has 0 saturated carbocycles. The van der Waals surface area contributed by atoms with Crippen molar-refractivity contribution >= 4 is 23.7 Å². The minimum absolute atomic E-state index is 0.165. The molecule has 1 rings (SSSR count). The second kappa shape index (κ2) is 5.03. The highest BCUT2D eigenvalue weighted by atomic mass is 16.7. The third-order valence-electron chi connectivity index (χ3n) is 1.78. The van der Waals surface area contributed by atoms with Gasteiger partial charge in [-0.3, -0.25) is 0 Å². The van der Waals surface area contributed by atoms with Gasteiger partial charge in [0.2, 0.25) is 0 Å². The maximum atomic E-state index is 11.4. The smallest absolute Gasteiger partial charge is 0.431 e. The van der Waals surface area contributed by atoms with E-state index < -0.39 is 38.4 Å². The first-order chi connectivity index (χ1) is 8.81. The van der Waals surface area contributed by atoms with Crippen LogP contribution < -0.4 is 0 Å². The predicted molar refractivity (Wildman–Crippen MR) is 54.6 cm³/mol. The Bertz CT molecular complexity index is 576. The fourth-order valence-corrected chi connectivity index (χ4v) is 1.15. The van der Waals surface area contributed by atoms with Crippen molar-refractivity contribution in [2.24, 2.45) is 0 Å². The number of hydrogen-bond acceptors (Lipinski definition) is 9. The second-order valence-electron chi connectivity index (χ2n) is 2.86. The maximum Gasteiger partial charge on any atom is 0.518 e. The molecule has 0 bridgehead atoms. The molecule has 0 aliphatic rings. The topological polar surface area (TPSA) is 174 Å². The first-order valence-electron chi connectivity index (χ1n) is 4.54. The summed E-state index contributed by atoms with van der Waals surface area (Å²) in [6.07, 6.45) is -1.50. The van der Waals surface area contributed by atoms with Crippen molar-refractivity contribution < 1.29 is 24.3 Å². The van der Waals surface area contributed by atoms with Crippen LogP contribution in [0.25, 0.3) is 0 Å². The molecule has 19 heavy (non-hydrogen) atoms. The van der Waals surface area contributed by atoms with Crippen LogP contribution in [0.4, 0.5) is 22.4 Å². The fourth-order valence-electron chi connectivity index (χ4n) is 1.15. The van der Waals surface area contributed by atoms with E-state index in [-0.39, 0.29) is 11.2 Å². The van der Waals surface area contributed by atoms with Crippen LogP contribution in [0.15, 0.2) is 0 Å². The zero-order chi connectivity index (χ0) is 14.7. The van der Waals surface area contributed by atoms with E-state index in [2.05, 4.69) is 9.72 Å². The number of imidazole rings is 1. The molecule has 0 aliphatic heterocycles. The van der Waals surface area contributed by atoms with Gasteiger partial charge in [0.15, 0.2) is 0 Å². The summed E-state index contributed by atoms with van der Waals surface area (Å²) >= 11 is 0. The van der Waals surface area contributed by atoms with Gasteiger partial charge in [-0.1, -0.05) is 0 Å². The van der Waals surface area contributed by atoms with Crippen LogP contribution in [0, 0.1) is 30.3 Å². The van der Waals surface area contributed by atoms with Gasteiger partial charge in [-0.25, -0.2) is 0 Å².